The van der Waals surface area contributed by atoms with Gasteiger partial charge in [-0.2, -0.15) is 0 Å². The van der Waals surface area contributed by atoms with Gasteiger partial charge < -0.3 is 10.2 Å². The van der Waals surface area contributed by atoms with Gasteiger partial charge in [-0.25, -0.2) is 0 Å². The van der Waals surface area contributed by atoms with E-state index in [1.165, 1.54) is 37.2 Å². The molecule has 3 heteroatoms. The first-order valence-electron chi connectivity index (χ1n) is 7.86. The lowest BCUT2D eigenvalue weighted by Gasteiger charge is -2.22. The minimum absolute atomic E-state index is 0.420. The Morgan fingerprint density at radius 2 is 1.85 bits per heavy atom. The first kappa shape index (κ1) is 15.3. The van der Waals surface area contributed by atoms with Crippen LogP contribution in [0.4, 0.5) is 5.69 Å². The standard InChI is InChI=1S/C17H29N3/c1-5-20(17-10-11-17)13-12-18-14(2)15-6-8-16(9-7-15)19(3)4/h6-9,14,17-18H,5,10-13H2,1-4H3. The van der Waals surface area contributed by atoms with E-state index in [0.717, 1.165) is 12.6 Å². The van der Waals surface area contributed by atoms with Crippen molar-refractivity contribution in [2.45, 2.75) is 38.8 Å². The summed E-state index contributed by atoms with van der Waals surface area (Å²) in [5.74, 6) is 0. The van der Waals surface area contributed by atoms with Crippen molar-refractivity contribution in [3.8, 4) is 0 Å². The molecule has 1 saturated carbocycles. The summed E-state index contributed by atoms with van der Waals surface area (Å²) in [6.45, 7) is 7.93. The third-order valence-corrected chi connectivity index (χ3v) is 4.23. The van der Waals surface area contributed by atoms with E-state index in [2.05, 4.69) is 67.3 Å². The normalized spacial score (nSPS) is 16.4. The van der Waals surface area contributed by atoms with Crippen molar-refractivity contribution in [2.75, 3.05) is 38.6 Å². The van der Waals surface area contributed by atoms with E-state index in [9.17, 15) is 0 Å². The Hall–Kier alpha value is -1.06. The Morgan fingerprint density at radius 1 is 1.20 bits per heavy atom. The van der Waals surface area contributed by atoms with Gasteiger partial charge in [0.05, 0.1) is 0 Å². The highest BCUT2D eigenvalue weighted by Crippen LogP contribution is 2.26. The summed E-state index contributed by atoms with van der Waals surface area (Å²) in [6.07, 6.45) is 2.80. The number of anilines is 1. The molecule has 0 saturated heterocycles. The van der Waals surface area contributed by atoms with Crippen LogP contribution in [0.5, 0.6) is 0 Å². The molecular weight excluding hydrogens is 246 g/mol. The fourth-order valence-corrected chi connectivity index (χ4v) is 2.64. The van der Waals surface area contributed by atoms with Crippen LogP contribution >= 0.6 is 0 Å². The lowest BCUT2D eigenvalue weighted by atomic mass is 10.1. The van der Waals surface area contributed by atoms with Gasteiger partial charge in [0, 0.05) is 45.0 Å². The number of rotatable bonds is 8. The molecule has 3 nitrogen and oxygen atoms in total. The summed E-state index contributed by atoms with van der Waals surface area (Å²) in [4.78, 5) is 4.73. The lowest BCUT2D eigenvalue weighted by molar-refractivity contribution is 0.273. The van der Waals surface area contributed by atoms with Crippen molar-refractivity contribution in [2.24, 2.45) is 0 Å². The van der Waals surface area contributed by atoms with Crippen molar-refractivity contribution in [1.29, 1.82) is 0 Å². The third kappa shape index (κ3) is 4.22. The summed E-state index contributed by atoms with van der Waals surface area (Å²) >= 11 is 0. The van der Waals surface area contributed by atoms with E-state index < -0.39 is 0 Å². The molecule has 1 aliphatic rings. The van der Waals surface area contributed by atoms with Crippen LogP contribution in [0.3, 0.4) is 0 Å². The molecule has 0 aromatic heterocycles. The average molecular weight is 275 g/mol. The highest BCUT2D eigenvalue weighted by atomic mass is 15.2. The quantitative estimate of drug-likeness (QED) is 0.787. The topological polar surface area (TPSA) is 18.5 Å². The maximum Gasteiger partial charge on any atom is 0.0361 e. The van der Waals surface area contributed by atoms with E-state index in [1.54, 1.807) is 0 Å². The van der Waals surface area contributed by atoms with Crippen molar-refractivity contribution < 1.29 is 0 Å². The van der Waals surface area contributed by atoms with Crippen molar-refractivity contribution in [3.05, 3.63) is 29.8 Å². The molecular formula is C17H29N3. The van der Waals surface area contributed by atoms with Gasteiger partial charge in [-0.15, -0.1) is 0 Å². The van der Waals surface area contributed by atoms with Gasteiger partial charge in [-0.3, -0.25) is 4.90 Å². The monoisotopic (exact) mass is 275 g/mol. The zero-order valence-electron chi connectivity index (χ0n) is 13.4. The highest BCUT2D eigenvalue weighted by Gasteiger charge is 2.27. The van der Waals surface area contributed by atoms with Gasteiger partial charge in [0.2, 0.25) is 0 Å². The number of nitrogens with zero attached hydrogens (tertiary/aromatic N) is 2. The Bertz CT molecular complexity index is 395. The molecule has 0 amide bonds. The van der Waals surface area contributed by atoms with E-state index in [1.807, 2.05) is 0 Å². The Balaban J connectivity index is 1.77. The van der Waals surface area contributed by atoms with Crippen molar-refractivity contribution in [1.82, 2.24) is 10.2 Å². The maximum atomic E-state index is 3.64. The van der Waals surface area contributed by atoms with Crippen LogP contribution in [0.25, 0.3) is 0 Å². The zero-order valence-corrected chi connectivity index (χ0v) is 13.4. The molecule has 1 aromatic rings. The van der Waals surface area contributed by atoms with Gasteiger partial charge in [-0.1, -0.05) is 19.1 Å². The molecule has 1 aliphatic carbocycles. The predicted molar refractivity (Wildman–Crippen MR) is 87.5 cm³/mol. The van der Waals surface area contributed by atoms with Gasteiger partial charge in [0.1, 0.15) is 0 Å². The first-order valence-corrected chi connectivity index (χ1v) is 7.86. The van der Waals surface area contributed by atoms with E-state index in [4.69, 9.17) is 0 Å². The molecule has 1 unspecified atom stereocenters. The maximum absolute atomic E-state index is 3.64. The van der Waals surface area contributed by atoms with E-state index >= 15 is 0 Å². The summed E-state index contributed by atoms with van der Waals surface area (Å²) in [5.41, 5.74) is 2.62. The fourth-order valence-electron chi connectivity index (χ4n) is 2.64. The van der Waals surface area contributed by atoms with Crippen LogP contribution in [0, 0.1) is 0 Å². The van der Waals surface area contributed by atoms with E-state index in [-0.39, 0.29) is 0 Å². The minimum atomic E-state index is 0.420. The zero-order chi connectivity index (χ0) is 14.5. The molecule has 0 aliphatic heterocycles. The highest BCUT2D eigenvalue weighted by molar-refractivity contribution is 5.46. The molecule has 1 aromatic carbocycles. The predicted octanol–water partition coefficient (Wildman–Crippen LogP) is 2.89. The molecule has 0 spiro atoms. The molecule has 0 radical (unpaired) electrons. The molecule has 1 atom stereocenters. The van der Waals surface area contributed by atoms with Crippen molar-refractivity contribution >= 4 is 5.69 Å². The Labute approximate surface area is 124 Å². The number of hydrogen-bond acceptors (Lipinski definition) is 3. The molecule has 112 valence electrons. The first-order chi connectivity index (χ1) is 9.61. The summed E-state index contributed by atoms with van der Waals surface area (Å²) in [6, 6.07) is 10.1. The second-order valence-electron chi connectivity index (χ2n) is 6.02. The molecule has 1 fully saturated rings. The SMILES string of the molecule is CCN(CCNC(C)c1ccc(N(C)C)cc1)C1CC1. The summed E-state index contributed by atoms with van der Waals surface area (Å²) in [5, 5.41) is 3.64. The van der Waals surface area contributed by atoms with Gasteiger partial charge in [0.15, 0.2) is 0 Å². The largest absolute Gasteiger partial charge is 0.378 e. The lowest BCUT2D eigenvalue weighted by Crippen LogP contribution is -2.34. The second-order valence-corrected chi connectivity index (χ2v) is 6.02. The summed E-state index contributed by atoms with van der Waals surface area (Å²) in [7, 11) is 4.15. The van der Waals surface area contributed by atoms with Gasteiger partial charge in [0.25, 0.3) is 0 Å². The Morgan fingerprint density at radius 3 is 2.35 bits per heavy atom. The summed E-state index contributed by atoms with van der Waals surface area (Å²) < 4.78 is 0. The van der Waals surface area contributed by atoms with Gasteiger partial charge in [-0.05, 0) is 44.0 Å². The second kappa shape index (κ2) is 7.09. The Kier molecular flexibility index (Phi) is 5.44. The minimum Gasteiger partial charge on any atom is -0.378 e. The van der Waals surface area contributed by atoms with Crippen LogP contribution in [-0.4, -0.2) is 44.7 Å². The van der Waals surface area contributed by atoms with Gasteiger partial charge >= 0.3 is 0 Å². The van der Waals surface area contributed by atoms with E-state index in [0.29, 0.717) is 6.04 Å². The fraction of sp³-hybridized carbons (Fsp3) is 0.647. The molecule has 1 N–H and O–H groups in total. The smallest absolute Gasteiger partial charge is 0.0361 e. The molecule has 0 bridgehead atoms. The molecule has 0 heterocycles. The van der Waals surface area contributed by atoms with Crippen molar-refractivity contribution in [3.63, 3.8) is 0 Å². The molecule has 20 heavy (non-hydrogen) atoms. The third-order valence-electron chi connectivity index (χ3n) is 4.23. The number of benzene rings is 1. The van der Waals surface area contributed by atoms with Crippen LogP contribution in [0.1, 0.15) is 38.3 Å². The average Bonchev–Trinajstić information content (AvgIpc) is 3.28. The van der Waals surface area contributed by atoms with Crippen LogP contribution in [0.15, 0.2) is 24.3 Å². The van der Waals surface area contributed by atoms with Crippen LogP contribution in [-0.2, 0) is 0 Å². The number of hydrogen-bond donors (Lipinski definition) is 1. The number of nitrogens with one attached hydrogen (secondary N) is 1. The molecule has 2 rings (SSSR count). The number of likely N-dealkylation sites (N-methyl/N-ethyl adjacent to an activating group) is 1. The van der Waals surface area contributed by atoms with Crippen LogP contribution in [0.2, 0.25) is 0 Å². The van der Waals surface area contributed by atoms with Crippen LogP contribution < -0.4 is 10.2 Å².